The summed E-state index contributed by atoms with van der Waals surface area (Å²) in [5.74, 6) is 0. The Kier molecular flexibility index (Phi) is 7.43. The number of methoxy groups -OCH3 is 1. The molecule has 1 aliphatic heterocycles. The molecule has 0 bridgehead atoms. The van der Waals surface area contributed by atoms with E-state index in [1.165, 1.54) is 0 Å². The van der Waals surface area contributed by atoms with Gasteiger partial charge in [0.25, 0.3) is 0 Å². The number of nitrogens with one attached hydrogen (secondary N) is 1. The molecule has 1 aliphatic rings. The number of hydrogen-bond donors (Lipinski definition) is 2. The minimum atomic E-state index is 0.236. The number of hydrogen-bond acceptors (Lipinski definition) is 4. The first-order chi connectivity index (χ1) is 8.27. The highest BCUT2D eigenvalue weighted by molar-refractivity contribution is 7.80. The molecular weight excluding hydrogens is 238 g/mol. The molecule has 1 fully saturated rings. The Morgan fingerprint density at radius 1 is 1.35 bits per heavy atom. The predicted molar refractivity (Wildman–Crippen MR) is 72.2 cm³/mol. The average molecular weight is 261 g/mol. The largest absolute Gasteiger partial charge is 0.395 e. The lowest BCUT2D eigenvalue weighted by Crippen LogP contribution is -2.52. The number of ether oxygens (including phenoxy) is 1. The molecule has 1 rings (SSSR count). The standard InChI is InChI=1S/C11H23N3O2S/c1-16-10-2-3-12-11(17)14-6-4-13(5-7-14)8-9-15/h15H,2-10H2,1H3,(H,12,17). The maximum absolute atomic E-state index is 8.85. The first-order valence-electron chi connectivity index (χ1n) is 6.13. The van der Waals surface area contributed by atoms with Gasteiger partial charge in [-0.1, -0.05) is 0 Å². The Hall–Kier alpha value is -0.430. The van der Waals surface area contributed by atoms with E-state index in [0.29, 0.717) is 0 Å². The van der Waals surface area contributed by atoms with Gasteiger partial charge in [0.15, 0.2) is 5.11 Å². The van der Waals surface area contributed by atoms with E-state index in [9.17, 15) is 0 Å². The van der Waals surface area contributed by atoms with Crippen LogP contribution >= 0.6 is 12.2 Å². The molecule has 0 unspecified atom stereocenters. The summed E-state index contributed by atoms with van der Waals surface area (Å²) >= 11 is 5.33. The molecule has 2 N–H and O–H groups in total. The Labute approximate surface area is 109 Å². The van der Waals surface area contributed by atoms with Crippen LogP contribution in [0.1, 0.15) is 6.42 Å². The van der Waals surface area contributed by atoms with E-state index < -0.39 is 0 Å². The van der Waals surface area contributed by atoms with Gasteiger partial charge in [-0.25, -0.2) is 0 Å². The van der Waals surface area contributed by atoms with Gasteiger partial charge in [-0.2, -0.15) is 0 Å². The third kappa shape index (κ3) is 5.63. The van der Waals surface area contributed by atoms with Gasteiger partial charge in [0, 0.05) is 53.0 Å². The number of aliphatic hydroxyl groups is 1. The zero-order valence-electron chi connectivity index (χ0n) is 10.5. The van der Waals surface area contributed by atoms with Crippen molar-refractivity contribution in [2.24, 2.45) is 0 Å². The summed E-state index contributed by atoms with van der Waals surface area (Å²) in [7, 11) is 1.71. The lowest BCUT2D eigenvalue weighted by Gasteiger charge is -2.35. The highest BCUT2D eigenvalue weighted by Gasteiger charge is 2.17. The van der Waals surface area contributed by atoms with Crippen molar-refractivity contribution in [1.29, 1.82) is 0 Å². The van der Waals surface area contributed by atoms with Crippen LogP contribution in [0.25, 0.3) is 0 Å². The van der Waals surface area contributed by atoms with Crippen molar-refractivity contribution in [3.05, 3.63) is 0 Å². The zero-order chi connectivity index (χ0) is 12.5. The lowest BCUT2D eigenvalue weighted by atomic mass is 10.3. The molecule has 0 radical (unpaired) electrons. The van der Waals surface area contributed by atoms with Gasteiger partial charge in [-0.3, -0.25) is 4.90 Å². The molecule has 0 aromatic rings. The van der Waals surface area contributed by atoms with Crippen molar-refractivity contribution < 1.29 is 9.84 Å². The second kappa shape index (κ2) is 8.63. The summed E-state index contributed by atoms with van der Waals surface area (Å²) in [5, 5.41) is 12.9. The molecule has 5 nitrogen and oxygen atoms in total. The molecule has 1 saturated heterocycles. The average Bonchev–Trinajstić information content (AvgIpc) is 2.36. The summed E-state index contributed by atoms with van der Waals surface area (Å²) in [4.78, 5) is 4.44. The maximum atomic E-state index is 8.85. The molecule has 0 saturated carbocycles. The highest BCUT2D eigenvalue weighted by atomic mass is 32.1. The SMILES string of the molecule is COCCCNC(=S)N1CCN(CCO)CC1. The minimum absolute atomic E-state index is 0.236. The summed E-state index contributed by atoms with van der Waals surface area (Å²) < 4.78 is 4.98. The van der Waals surface area contributed by atoms with Crippen molar-refractivity contribution >= 4 is 17.3 Å². The van der Waals surface area contributed by atoms with Crippen molar-refractivity contribution in [3.63, 3.8) is 0 Å². The van der Waals surface area contributed by atoms with Crippen LogP contribution in [-0.4, -0.2) is 79.6 Å². The van der Waals surface area contributed by atoms with Gasteiger partial charge in [-0.05, 0) is 18.6 Å². The zero-order valence-corrected chi connectivity index (χ0v) is 11.3. The molecule has 1 heterocycles. The number of β-amino-alcohol motifs (C(OH)–C–C–N with tert-alkyl or cyclic N) is 1. The van der Waals surface area contributed by atoms with Crippen LogP contribution < -0.4 is 5.32 Å². The molecule has 17 heavy (non-hydrogen) atoms. The monoisotopic (exact) mass is 261 g/mol. The topological polar surface area (TPSA) is 48.0 Å². The third-order valence-corrected chi connectivity index (χ3v) is 3.28. The lowest BCUT2D eigenvalue weighted by molar-refractivity contribution is 0.146. The third-order valence-electron chi connectivity index (χ3n) is 2.88. The Balaban J connectivity index is 2.12. The van der Waals surface area contributed by atoms with E-state index in [1.807, 2.05) is 0 Å². The summed E-state index contributed by atoms with van der Waals surface area (Å²) in [5.41, 5.74) is 0. The van der Waals surface area contributed by atoms with Gasteiger partial charge in [0.05, 0.1) is 6.61 Å². The predicted octanol–water partition coefficient (Wildman–Crippen LogP) is -0.493. The molecule has 0 aromatic heterocycles. The summed E-state index contributed by atoms with van der Waals surface area (Å²) in [6.07, 6.45) is 0.973. The van der Waals surface area contributed by atoms with Crippen LogP contribution in [0.4, 0.5) is 0 Å². The van der Waals surface area contributed by atoms with Crippen molar-refractivity contribution in [2.45, 2.75) is 6.42 Å². The van der Waals surface area contributed by atoms with Crippen LogP contribution in [0.5, 0.6) is 0 Å². The van der Waals surface area contributed by atoms with E-state index in [-0.39, 0.29) is 6.61 Å². The molecule has 0 aliphatic carbocycles. The van der Waals surface area contributed by atoms with Crippen LogP contribution in [0, 0.1) is 0 Å². The van der Waals surface area contributed by atoms with Gasteiger partial charge in [0.2, 0.25) is 0 Å². The molecule has 100 valence electrons. The van der Waals surface area contributed by atoms with Gasteiger partial charge < -0.3 is 20.1 Å². The molecule has 0 spiro atoms. The minimum Gasteiger partial charge on any atom is -0.395 e. The maximum Gasteiger partial charge on any atom is 0.169 e. The first-order valence-corrected chi connectivity index (χ1v) is 6.53. The number of piperazine rings is 1. The highest BCUT2D eigenvalue weighted by Crippen LogP contribution is 2.01. The molecule has 0 amide bonds. The van der Waals surface area contributed by atoms with E-state index in [2.05, 4.69) is 15.1 Å². The molecule has 6 heteroatoms. The second-order valence-electron chi connectivity index (χ2n) is 4.13. The van der Waals surface area contributed by atoms with Gasteiger partial charge >= 0.3 is 0 Å². The van der Waals surface area contributed by atoms with E-state index in [0.717, 1.165) is 57.4 Å². The van der Waals surface area contributed by atoms with Crippen molar-refractivity contribution in [3.8, 4) is 0 Å². The number of aliphatic hydroxyl groups excluding tert-OH is 1. The fourth-order valence-corrected chi connectivity index (χ4v) is 2.12. The smallest absolute Gasteiger partial charge is 0.169 e. The van der Waals surface area contributed by atoms with Crippen molar-refractivity contribution in [2.75, 3.05) is 59.6 Å². The fraction of sp³-hybridized carbons (Fsp3) is 0.909. The van der Waals surface area contributed by atoms with E-state index >= 15 is 0 Å². The summed E-state index contributed by atoms with van der Waals surface area (Å²) in [6, 6.07) is 0. The Bertz CT molecular complexity index is 221. The van der Waals surface area contributed by atoms with E-state index in [4.69, 9.17) is 22.1 Å². The van der Waals surface area contributed by atoms with Crippen molar-refractivity contribution in [1.82, 2.24) is 15.1 Å². The number of nitrogens with zero attached hydrogens (tertiary/aromatic N) is 2. The quantitative estimate of drug-likeness (QED) is 0.497. The van der Waals surface area contributed by atoms with Crippen LogP contribution in [-0.2, 0) is 4.74 Å². The first kappa shape index (κ1) is 14.6. The van der Waals surface area contributed by atoms with E-state index in [1.54, 1.807) is 7.11 Å². The van der Waals surface area contributed by atoms with Gasteiger partial charge in [-0.15, -0.1) is 0 Å². The summed E-state index contributed by atoms with van der Waals surface area (Å²) in [6.45, 7) is 6.46. The molecule has 0 aromatic carbocycles. The van der Waals surface area contributed by atoms with Crippen LogP contribution in [0.3, 0.4) is 0 Å². The second-order valence-corrected chi connectivity index (χ2v) is 4.52. The van der Waals surface area contributed by atoms with Crippen LogP contribution in [0.15, 0.2) is 0 Å². The Morgan fingerprint density at radius 2 is 2.06 bits per heavy atom. The Morgan fingerprint density at radius 3 is 2.65 bits per heavy atom. The normalized spacial score (nSPS) is 17.2. The molecule has 0 atom stereocenters. The molecular formula is C11H23N3O2S. The van der Waals surface area contributed by atoms with Gasteiger partial charge in [0.1, 0.15) is 0 Å². The number of rotatable bonds is 6. The number of thiocarbonyl (C=S) groups is 1. The fourth-order valence-electron chi connectivity index (χ4n) is 1.84. The van der Waals surface area contributed by atoms with Crippen LogP contribution in [0.2, 0.25) is 0 Å².